The first-order chi connectivity index (χ1) is 6.79. The van der Waals surface area contributed by atoms with Crippen molar-refractivity contribution in [3.8, 4) is 11.5 Å². The van der Waals surface area contributed by atoms with Gasteiger partial charge in [-0.05, 0) is 19.9 Å². The summed E-state index contributed by atoms with van der Waals surface area (Å²) >= 11 is 3.20. The Kier molecular flexibility index (Phi) is 3.25. The zero-order valence-electron chi connectivity index (χ0n) is 8.77. The molecule has 0 saturated carbocycles. The molecule has 84 valence electrons. The molecule has 0 aliphatic rings. The zero-order chi connectivity index (χ0) is 11.8. The number of benzene rings is 1. The lowest BCUT2D eigenvalue weighted by molar-refractivity contribution is 0.343. The molecular formula is C10H13BrFNO2. The van der Waals surface area contributed by atoms with Gasteiger partial charge in [0.15, 0.2) is 17.3 Å². The standard InChI is InChI=1S/C10H13BrFNO2/c1-10(2,13)7-5(11)4-6(12)8(14)9(7)15-3/h4,14H,13H2,1-3H3. The SMILES string of the molecule is COc1c(O)c(F)cc(Br)c1C(C)(C)N. The van der Waals surface area contributed by atoms with E-state index in [1.54, 1.807) is 13.8 Å². The minimum Gasteiger partial charge on any atom is -0.502 e. The number of phenolic OH excluding ortho intramolecular Hbond substituents is 1. The van der Waals surface area contributed by atoms with Gasteiger partial charge in [-0.15, -0.1) is 0 Å². The molecule has 0 spiro atoms. The summed E-state index contributed by atoms with van der Waals surface area (Å²) in [4.78, 5) is 0. The summed E-state index contributed by atoms with van der Waals surface area (Å²) in [5.41, 5.74) is 5.70. The molecule has 15 heavy (non-hydrogen) atoms. The van der Waals surface area contributed by atoms with Gasteiger partial charge in [0.05, 0.1) is 7.11 Å². The molecule has 0 bridgehead atoms. The first-order valence-electron chi connectivity index (χ1n) is 4.33. The van der Waals surface area contributed by atoms with Gasteiger partial charge < -0.3 is 15.6 Å². The number of rotatable bonds is 2. The molecule has 0 atom stereocenters. The fourth-order valence-electron chi connectivity index (χ4n) is 1.39. The van der Waals surface area contributed by atoms with Crippen LogP contribution in [0.25, 0.3) is 0 Å². The molecule has 0 aliphatic carbocycles. The first-order valence-corrected chi connectivity index (χ1v) is 5.12. The molecule has 0 amide bonds. The summed E-state index contributed by atoms with van der Waals surface area (Å²) in [6.07, 6.45) is 0. The van der Waals surface area contributed by atoms with Crippen molar-refractivity contribution in [3.63, 3.8) is 0 Å². The predicted molar refractivity (Wildman–Crippen MR) is 59.5 cm³/mol. The van der Waals surface area contributed by atoms with Crippen molar-refractivity contribution in [3.05, 3.63) is 21.9 Å². The number of hydrogen-bond donors (Lipinski definition) is 2. The summed E-state index contributed by atoms with van der Waals surface area (Å²) in [5.74, 6) is -1.20. The number of ether oxygens (including phenoxy) is 1. The minimum atomic E-state index is -0.744. The van der Waals surface area contributed by atoms with Gasteiger partial charge >= 0.3 is 0 Å². The van der Waals surface area contributed by atoms with E-state index < -0.39 is 17.1 Å². The predicted octanol–water partition coefficient (Wildman–Crippen LogP) is 2.50. The normalized spacial score (nSPS) is 11.6. The third kappa shape index (κ3) is 2.23. The molecule has 0 aromatic heterocycles. The molecule has 1 aromatic rings. The van der Waals surface area contributed by atoms with Gasteiger partial charge in [-0.2, -0.15) is 0 Å². The lowest BCUT2D eigenvalue weighted by Crippen LogP contribution is -2.29. The fraction of sp³-hybridized carbons (Fsp3) is 0.400. The van der Waals surface area contributed by atoms with E-state index in [0.717, 1.165) is 0 Å². The maximum absolute atomic E-state index is 13.2. The van der Waals surface area contributed by atoms with Crippen LogP contribution in [0.15, 0.2) is 10.5 Å². The van der Waals surface area contributed by atoms with E-state index in [4.69, 9.17) is 10.5 Å². The summed E-state index contributed by atoms with van der Waals surface area (Å²) in [6.45, 7) is 3.49. The van der Waals surface area contributed by atoms with Gasteiger partial charge in [0.1, 0.15) is 0 Å². The Balaban J connectivity index is 3.57. The number of halogens is 2. The van der Waals surface area contributed by atoms with Crippen LogP contribution in [0.4, 0.5) is 4.39 Å². The smallest absolute Gasteiger partial charge is 0.194 e. The number of nitrogens with two attached hydrogens (primary N) is 1. The van der Waals surface area contributed by atoms with Crippen LogP contribution in [-0.2, 0) is 5.54 Å². The second kappa shape index (κ2) is 3.98. The van der Waals surface area contributed by atoms with E-state index in [9.17, 15) is 9.50 Å². The van der Waals surface area contributed by atoms with E-state index >= 15 is 0 Å². The van der Waals surface area contributed by atoms with Crippen LogP contribution in [0.1, 0.15) is 19.4 Å². The van der Waals surface area contributed by atoms with Crippen molar-refractivity contribution in [1.29, 1.82) is 0 Å². The summed E-state index contributed by atoms with van der Waals surface area (Å²) < 4.78 is 18.6. The Labute approximate surface area is 96.2 Å². The number of aromatic hydroxyl groups is 1. The Hall–Kier alpha value is -0.810. The Morgan fingerprint density at radius 2 is 2.07 bits per heavy atom. The van der Waals surface area contributed by atoms with Crippen molar-refractivity contribution in [2.75, 3.05) is 7.11 Å². The first kappa shape index (κ1) is 12.3. The lowest BCUT2D eigenvalue weighted by Gasteiger charge is -2.24. The van der Waals surface area contributed by atoms with Crippen molar-refractivity contribution in [2.45, 2.75) is 19.4 Å². The Morgan fingerprint density at radius 3 is 2.47 bits per heavy atom. The van der Waals surface area contributed by atoms with Crippen LogP contribution in [0, 0.1) is 5.82 Å². The fourth-order valence-corrected chi connectivity index (χ4v) is 2.28. The van der Waals surface area contributed by atoms with E-state index in [0.29, 0.717) is 10.0 Å². The minimum absolute atomic E-state index is 0.0642. The van der Waals surface area contributed by atoms with E-state index in [-0.39, 0.29) is 5.75 Å². The van der Waals surface area contributed by atoms with E-state index in [1.165, 1.54) is 13.2 Å². The highest BCUT2D eigenvalue weighted by Crippen LogP contribution is 2.42. The summed E-state index contributed by atoms with van der Waals surface area (Å²) in [6, 6.07) is 1.17. The third-order valence-corrected chi connectivity index (χ3v) is 2.63. The highest BCUT2D eigenvalue weighted by atomic mass is 79.9. The second-order valence-electron chi connectivity index (χ2n) is 3.82. The number of hydrogen-bond acceptors (Lipinski definition) is 3. The average Bonchev–Trinajstić information content (AvgIpc) is 2.08. The molecule has 1 aromatic carbocycles. The van der Waals surface area contributed by atoms with Gasteiger partial charge in [0, 0.05) is 15.6 Å². The molecule has 0 fully saturated rings. The topological polar surface area (TPSA) is 55.5 Å². The van der Waals surface area contributed by atoms with Gasteiger partial charge in [0.2, 0.25) is 0 Å². The largest absolute Gasteiger partial charge is 0.502 e. The third-order valence-electron chi connectivity index (χ3n) is 2.01. The van der Waals surface area contributed by atoms with Gasteiger partial charge in [-0.25, -0.2) is 4.39 Å². The quantitative estimate of drug-likeness (QED) is 0.873. The lowest BCUT2D eigenvalue weighted by atomic mass is 9.94. The van der Waals surface area contributed by atoms with Crippen LogP contribution in [0.3, 0.4) is 0 Å². The molecule has 1 rings (SSSR count). The highest BCUT2D eigenvalue weighted by molar-refractivity contribution is 9.10. The van der Waals surface area contributed by atoms with Gasteiger partial charge in [-0.3, -0.25) is 0 Å². The van der Waals surface area contributed by atoms with Crippen LogP contribution in [0.2, 0.25) is 0 Å². The van der Waals surface area contributed by atoms with Crippen molar-refractivity contribution >= 4 is 15.9 Å². The van der Waals surface area contributed by atoms with Gasteiger partial charge in [-0.1, -0.05) is 15.9 Å². The zero-order valence-corrected chi connectivity index (χ0v) is 10.4. The molecule has 0 aliphatic heterocycles. The van der Waals surface area contributed by atoms with Crippen LogP contribution in [0.5, 0.6) is 11.5 Å². The highest BCUT2D eigenvalue weighted by Gasteiger charge is 2.27. The molecule has 5 heteroatoms. The van der Waals surface area contributed by atoms with Crippen molar-refractivity contribution < 1.29 is 14.2 Å². The van der Waals surface area contributed by atoms with Crippen LogP contribution in [-0.4, -0.2) is 12.2 Å². The molecule has 0 saturated heterocycles. The van der Waals surface area contributed by atoms with Crippen LogP contribution >= 0.6 is 15.9 Å². The maximum Gasteiger partial charge on any atom is 0.194 e. The van der Waals surface area contributed by atoms with Crippen LogP contribution < -0.4 is 10.5 Å². The Morgan fingerprint density at radius 1 is 1.53 bits per heavy atom. The monoisotopic (exact) mass is 277 g/mol. The second-order valence-corrected chi connectivity index (χ2v) is 4.67. The van der Waals surface area contributed by atoms with Crippen molar-refractivity contribution in [1.82, 2.24) is 0 Å². The van der Waals surface area contributed by atoms with Gasteiger partial charge in [0.25, 0.3) is 0 Å². The molecule has 0 radical (unpaired) electrons. The molecular weight excluding hydrogens is 265 g/mol. The Bertz CT molecular complexity index is 388. The summed E-state index contributed by atoms with van der Waals surface area (Å²) in [5, 5.41) is 9.49. The molecule has 3 nitrogen and oxygen atoms in total. The molecule has 0 heterocycles. The van der Waals surface area contributed by atoms with E-state index in [2.05, 4.69) is 15.9 Å². The average molecular weight is 278 g/mol. The molecule has 3 N–H and O–H groups in total. The number of phenols is 1. The van der Waals surface area contributed by atoms with Crippen molar-refractivity contribution in [2.24, 2.45) is 5.73 Å². The molecule has 0 unspecified atom stereocenters. The maximum atomic E-state index is 13.2. The van der Waals surface area contributed by atoms with E-state index in [1.807, 2.05) is 0 Å². The number of methoxy groups -OCH3 is 1. The summed E-state index contributed by atoms with van der Waals surface area (Å²) in [7, 11) is 1.36.